The maximum atomic E-state index is 13.0. The number of methoxy groups -OCH3 is 3. The van der Waals surface area contributed by atoms with Gasteiger partial charge in [-0.25, -0.2) is 9.37 Å². The minimum Gasteiger partial charge on any atom is -0.493 e. The fourth-order valence-corrected chi connectivity index (χ4v) is 3.44. The maximum Gasteiger partial charge on any atom is 0.212 e. The number of carbonyl (C=O) groups excluding carboxylic acids is 1. The molecule has 0 bridgehead atoms. The van der Waals surface area contributed by atoms with Gasteiger partial charge in [0.25, 0.3) is 0 Å². The molecule has 0 unspecified atom stereocenters. The normalized spacial score (nSPS) is 10.5. The first-order chi connectivity index (χ1) is 13.0. The number of hydrogen-bond acceptors (Lipinski definition) is 6. The molecule has 0 N–H and O–H groups in total. The number of aromatic nitrogens is 1. The van der Waals surface area contributed by atoms with E-state index in [2.05, 4.69) is 4.98 Å². The summed E-state index contributed by atoms with van der Waals surface area (Å²) in [5.74, 6) is 0.711. The summed E-state index contributed by atoms with van der Waals surface area (Å²) in [7, 11) is 4.49. The number of halogens is 1. The summed E-state index contributed by atoms with van der Waals surface area (Å²) in [6.45, 7) is 0. The minimum absolute atomic E-state index is 0.240. The number of benzene rings is 2. The van der Waals surface area contributed by atoms with Crippen LogP contribution in [0, 0.1) is 5.82 Å². The molecule has 0 saturated heterocycles. The monoisotopic (exact) mass is 387 g/mol. The van der Waals surface area contributed by atoms with E-state index in [-0.39, 0.29) is 11.6 Å². The molecule has 0 atom stereocenters. The molecule has 140 valence electrons. The van der Waals surface area contributed by atoms with Crippen LogP contribution in [0.2, 0.25) is 0 Å². The Balaban J connectivity index is 1.86. The number of ether oxygens (including phenoxy) is 3. The van der Waals surface area contributed by atoms with Crippen LogP contribution in [0.25, 0.3) is 0 Å². The predicted octanol–water partition coefficient (Wildman–Crippen LogP) is 4.13. The Morgan fingerprint density at radius 2 is 1.67 bits per heavy atom. The molecule has 0 aliphatic heterocycles. The van der Waals surface area contributed by atoms with Gasteiger partial charge in [0.05, 0.1) is 26.3 Å². The molecule has 7 heteroatoms. The summed E-state index contributed by atoms with van der Waals surface area (Å²) in [5, 5.41) is 2.49. The number of hydrogen-bond donors (Lipinski definition) is 0. The summed E-state index contributed by atoms with van der Waals surface area (Å²) >= 11 is 1.39. The molecule has 0 amide bonds. The zero-order valence-electron chi connectivity index (χ0n) is 15.1. The molecule has 3 aromatic rings. The molecule has 1 aromatic heterocycles. The fraction of sp³-hybridized carbons (Fsp3) is 0.200. The molecule has 0 saturated carbocycles. The second kappa shape index (κ2) is 8.18. The molecular weight excluding hydrogens is 369 g/mol. The van der Waals surface area contributed by atoms with E-state index in [0.717, 1.165) is 10.6 Å². The molecule has 0 aliphatic rings. The van der Waals surface area contributed by atoms with Crippen molar-refractivity contribution in [3.8, 4) is 17.2 Å². The van der Waals surface area contributed by atoms with E-state index in [0.29, 0.717) is 34.9 Å². The zero-order valence-corrected chi connectivity index (χ0v) is 15.9. The fourth-order valence-electron chi connectivity index (χ4n) is 2.63. The van der Waals surface area contributed by atoms with Gasteiger partial charge in [0.2, 0.25) is 11.5 Å². The van der Waals surface area contributed by atoms with Crippen LogP contribution in [0.1, 0.15) is 26.6 Å². The van der Waals surface area contributed by atoms with Crippen molar-refractivity contribution in [2.45, 2.75) is 6.42 Å². The lowest BCUT2D eigenvalue weighted by atomic mass is 10.1. The minimum atomic E-state index is -0.281. The molecule has 27 heavy (non-hydrogen) atoms. The third kappa shape index (κ3) is 4.09. The Bertz CT molecular complexity index is 928. The summed E-state index contributed by atoms with van der Waals surface area (Å²) in [4.78, 5) is 17.3. The van der Waals surface area contributed by atoms with Crippen LogP contribution in [0.15, 0.2) is 41.8 Å². The van der Waals surface area contributed by atoms with Crippen LogP contribution in [0.3, 0.4) is 0 Å². The largest absolute Gasteiger partial charge is 0.493 e. The molecule has 3 rings (SSSR count). The lowest BCUT2D eigenvalue weighted by Gasteiger charge is -2.13. The first-order valence-electron chi connectivity index (χ1n) is 8.09. The first-order valence-corrected chi connectivity index (χ1v) is 8.97. The van der Waals surface area contributed by atoms with Gasteiger partial charge in [-0.1, -0.05) is 12.1 Å². The van der Waals surface area contributed by atoms with E-state index in [1.165, 1.54) is 44.8 Å². The zero-order chi connectivity index (χ0) is 19.4. The Labute approximate surface area is 160 Å². The number of ketones is 1. The predicted molar refractivity (Wildman–Crippen MR) is 101 cm³/mol. The van der Waals surface area contributed by atoms with Crippen molar-refractivity contribution < 1.29 is 23.4 Å². The van der Waals surface area contributed by atoms with Gasteiger partial charge < -0.3 is 14.2 Å². The summed E-state index contributed by atoms with van der Waals surface area (Å²) < 4.78 is 28.9. The van der Waals surface area contributed by atoms with Gasteiger partial charge >= 0.3 is 0 Å². The highest BCUT2D eigenvalue weighted by Crippen LogP contribution is 2.38. The highest BCUT2D eigenvalue weighted by molar-refractivity contribution is 7.09. The van der Waals surface area contributed by atoms with Crippen molar-refractivity contribution in [2.24, 2.45) is 0 Å². The van der Waals surface area contributed by atoms with E-state index < -0.39 is 0 Å². The molecule has 5 nitrogen and oxygen atoms in total. The van der Waals surface area contributed by atoms with Crippen molar-refractivity contribution >= 4 is 17.1 Å². The Morgan fingerprint density at radius 3 is 2.22 bits per heavy atom. The van der Waals surface area contributed by atoms with E-state index in [1.54, 1.807) is 29.6 Å². The highest BCUT2D eigenvalue weighted by Gasteiger charge is 2.20. The topological polar surface area (TPSA) is 57.7 Å². The second-order valence-electron chi connectivity index (χ2n) is 5.67. The van der Waals surface area contributed by atoms with Crippen molar-refractivity contribution in [3.05, 3.63) is 69.4 Å². The van der Waals surface area contributed by atoms with Gasteiger partial charge in [-0.15, -0.1) is 11.3 Å². The average Bonchev–Trinajstić information content (AvgIpc) is 3.16. The van der Waals surface area contributed by atoms with Crippen molar-refractivity contribution in [1.82, 2.24) is 4.98 Å². The number of thiazole rings is 1. The van der Waals surface area contributed by atoms with E-state index >= 15 is 0 Å². The standard InChI is InChI=1S/C20H18FNO4S/c1-24-16-9-13(10-17(25-2)20(16)26-3)19(23)15-11-27-18(22-15)8-12-4-6-14(21)7-5-12/h4-7,9-11H,8H2,1-3H3. The van der Waals surface area contributed by atoms with Crippen LogP contribution in [0.4, 0.5) is 4.39 Å². The third-order valence-electron chi connectivity index (χ3n) is 3.98. The third-order valence-corrected chi connectivity index (χ3v) is 4.83. The second-order valence-corrected chi connectivity index (χ2v) is 6.62. The number of nitrogens with zero attached hydrogens (tertiary/aromatic N) is 1. The molecule has 0 aliphatic carbocycles. The Hall–Kier alpha value is -2.93. The molecule has 1 heterocycles. The highest BCUT2D eigenvalue weighted by atomic mass is 32.1. The number of carbonyl (C=O) groups is 1. The van der Waals surface area contributed by atoms with Gasteiger partial charge in [-0.2, -0.15) is 0 Å². The van der Waals surface area contributed by atoms with Crippen molar-refractivity contribution in [3.63, 3.8) is 0 Å². The molecule has 0 radical (unpaired) electrons. The van der Waals surface area contributed by atoms with Crippen molar-refractivity contribution in [1.29, 1.82) is 0 Å². The molecule has 0 fully saturated rings. The summed E-state index contributed by atoms with van der Waals surface area (Å²) in [5.41, 5.74) is 1.66. The van der Waals surface area contributed by atoms with Crippen LogP contribution in [-0.4, -0.2) is 32.1 Å². The van der Waals surface area contributed by atoms with Crippen LogP contribution >= 0.6 is 11.3 Å². The smallest absolute Gasteiger partial charge is 0.212 e. The van der Waals surface area contributed by atoms with Crippen LogP contribution < -0.4 is 14.2 Å². The Morgan fingerprint density at radius 1 is 1.04 bits per heavy atom. The first kappa shape index (κ1) is 18.8. The number of rotatable bonds is 7. The van der Waals surface area contributed by atoms with Gasteiger partial charge in [-0.3, -0.25) is 4.79 Å². The molecule has 0 spiro atoms. The van der Waals surface area contributed by atoms with Crippen LogP contribution in [-0.2, 0) is 6.42 Å². The maximum absolute atomic E-state index is 13.0. The van der Waals surface area contributed by atoms with Gasteiger partial charge in [0.1, 0.15) is 11.5 Å². The molecule has 2 aromatic carbocycles. The lowest BCUT2D eigenvalue weighted by Crippen LogP contribution is -2.05. The van der Waals surface area contributed by atoms with Crippen molar-refractivity contribution in [2.75, 3.05) is 21.3 Å². The van der Waals surface area contributed by atoms with E-state index in [4.69, 9.17) is 14.2 Å². The lowest BCUT2D eigenvalue weighted by molar-refractivity contribution is 0.103. The van der Waals surface area contributed by atoms with Gasteiger partial charge in [-0.05, 0) is 29.8 Å². The summed E-state index contributed by atoms with van der Waals surface area (Å²) in [6, 6.07) is 9.43. The summed E-state index contributed by atoms with van der Waals surface area (Å²) in [6.07, 6.45) is 0.535. The quantitative estimate of drug-likeness (QED) is 0.571. The molecular formula is C20H18FNO4S. The SMILES string of the molecule is COc1cc(C(=O)c2csc(Cc3ccc(F)cc3)n2)cc(OC)c1OC. The Kier molecular flexibility index (Phi) is 5.71. The average molecular weight is 387 g/mol. The van der Waals surface area contributed by atoms with Gasteiger partial charge in [0, 0.05) is 17.4 Å². The van der Waals surface area contributed by atoms with E-state index in [1.807, 2.05) is 0 Å². The van der Waals surface area contributed by atoms with Crippen LogP contribution in [0.5, 0.6) is 17.2 Å². The van der Waals surface area contributed by atoms with Gasteiger partial charge in [0.15, 0.2) is 11.5 Å². The van der Waals surface area contributed by atoms with E-state index in [9.17, 15) is 9.18 Å².